The minimum Gasteiger partial charge on any atom is -0.354 e. The first-order valence-electron chi connectivity index (χ1n) is 11.2. The average molecular weight is 399 g/mol. The third-order valence-corrected chi connectivity index (χ3v) is 6.97. The summed E-state index contributed by atoms with van der Waals surface area (Å²) < 4.78 is 0. The van der Waals surface area contributed by atoms with E-state index in [0.717, 1.165) is 71.5 Å². The van der Waals surface area contributed by atoms with Crippen LogP contribution in [0.15, 0.2) is 30.3 Å². The maximum Gasteiger partial charge on any atom is 0.236 e. The Hall–Kier alpha value is -1.92. The van der Waals surface area contributed by atoms with Gasteiger partial charge in [0.2, 0.25) is 11.8 Å². The molecule has 1 aliphatic carbocycles. The van der Waals surface area contributed by atoms with E-state index in [0.29, 0.717) is 13.1 Å². The van der Waals surface area contributed by atoms with Gasteiger partial charge < -0.3 is 10.2 Å². The molecule has 1 aromatic rings. The Morgan fingerprint density at radius 2 is 1.45 bits per heavy atom. The van der Waals surface area contributed by atoms with Gasteiger partial charge in [0, 0.05) is 51.2 Å². The van der Waals surface area contributed by atoms with Crippen molar-refractivity contribution in [2.24, 2.45) is 0 Å². The molecule has 6 nitrogen and oxygen atoms in total. The molecule has 4 rings (SSSR count). The van der Waals surface area contributed by atoms with Crippen molar-refractivity contribution in [3.05, 3.63) is 35.9 Å². The van der Waals surface area contributed by atoms with Crippen molar-refractivity contribution in [1.29, 1.82) is 0 Å². The van der Waals surface area contributed by atoms with Crippen molar-refractivity contribution < 1.29 is 9.59 Å². The van der Waals surface area contributed by atoms with Crippen LogP contribution in [0.3, 0.4) is 0 Å². The maximum absolute atomic E-state index is 12.5. The number of piperazine rings is 1. The number of likely N-dealkylation sites (tertiary alicyclic amines) is 1. The number of carbonyl (C=O) groups excluding carboxylic acids is 2. The monoisotopic (exact) mass is 398 g/mol. The summed E-state index contributed by atoms with van der Waals surface area (Å²) >= 11 is 0. The van der Waals surface area contributed by atoms with Crippen LogP contribution in [0.1, 0.15) is 37.7 Å². The standard InChI is InChI=1S/C23H34N4O2/c28-21(24-19-23(9-6-10-23)20-7-2-1-3-8-20)17-25-13-15-26(16-14-25)18-22(29)27-11-4-5-12-27/h1-3,7-8H,4-6,9-19H2,(H,24,28). The quantitative estimate of drug-likeness (QED) is 0.756. The molecule has 2 heterocycles. The summed E-state index contributed by atoms with van der Waals surface area (Å²) in [7, 11) is 0. The predicted octanol–water partition coefficient (Wildman–Crippen LogP) is 1.46. The molecule has 2 amide bonds. The van der Waals surface area contributed by atoms with Crippen molar-refractivity contribution in [2.75, 3.05) is 58.9 Å². The highest BCUT2D eigenvalue weighted by molar-refractivity contribution is 5.79. The number of benzene rings is 1. The van der Waals surface area contributed by atoms with E-state index in [2.05, 4.69) is 39.4 Å². The van der Waals surface area contributed by atoms with Crippen molar-refractivity contribution in [3.63, 3.8) is 0 Å². The summed E-state index contributed by atoms with van der Waals surface area (Å²) in [5, 5.41) is 3.20. The van der Waals surface area contributed by atoms with Crippen molar-refractivity contribution in [3.8, 4) is 0 Å². The number of nitrogens with one attached hydrogen (secondary N) is 1. The van der Waals surface area contributed by atoms with Crippen LogP contribution in [0.25, 0.3) is 0 Å². The molecule has 29 heavy (non-hydrogen) atoms. The van der Waals surface area contributed by atoms with Crippen molar-refractivity contribution in [1.82, 2.24) is 20.0 Å². The highest BCUT2D eigenvalue weighted by atomic mass is 16.2. The van der Waals surface area contributed by atoms with Crippen molar-refractivity contribution in [2.45, 2.75) is 37.5 Å². The molecule has 3 fully saturated rings. The molecule has 1 saturated carbocycles. The first-order chi connectivity index (χ1) is 14.1. The number of amides is 2. The van der Waals surface area contributed by atoms with Gasteiger partial charge in [0.1, 0.15) is 0 Å². The van der Waals surface area contributed by atoms with Crippen LogP contribution in [-0.4, -0.2) is 85.4 Å². The van der Waals surface area contributed by atoms with E-state index < -0.39 is 0 Å². The third-order valence-electron chi connectivity index (χ3n) is 6.97. The molecule has 1 aromatic carbocycles. The predicted molar refractivity (Wildman–Crippen MR) is 114 cm³/mol. The molecule has 0 atom stereocenters. The van der Waals surface area contributed by atoms with Gasteiger partial charge in [0.05, 0.1) is 13.1 Å². The summed E-state index contributed by atoms with van der Waals surface area (Å²) in [6.07, 6.45) is 5.82. The zero-order valence-corrected chi connectivity index (χ0v) is 17.4. The van der Waals surface area contributed by atoms with E-state index in [-0.39, 0.29) is 17.2 Å². The molecule has 0 bridgehead atoms. The molecule has 3 aliphatic rings. The van der Waals surface area contributed by atoms with E-state index >= 15 is 0 Å². The Morgan fingerprint density at radius 1 is 0.828 bits per heavy atom. The highest BCUT2D eigenvalue weighted by Gasteiger charge is 2.38. The molecule has 0 spiro atoms. The lowest BCUT2D eigenvalue weighted by atomic mass is 9.64. The first kappa shape index (κ1) is 20.4. The second kappa shape index (κ2) is 9.26. The summed E-state index contributed by atoms with van der Waals surface area (Å²) in [4.78, 5) is 31.3. The Bertz CT molecular complexity index is 690. The van der Waals surface area contributed by atoms with E-state index in [9.17, 15) is 9.59 Å². The lowest BCUT2D eigenvalue weighted by Gasteiger charge is -2.43. The normalized spacial score (nSPS) is 22.3. The largest absolute Gasteiger partial charge is 0.354 e. The van der Waals surface area contributed by atoms with Gasteiger partial charge in [-0.25, -0.2) is 0 Å². The van der Waals surface area contributed by atoms with E-state index in [1.54, 1.807) is 0 Å². The molecule has 0 unspecified atom stereocenters. The smallest absolute Gasteiger partial charge is 0.236 e. The van der Waals surface area contributed by atoms with Gasteiger partial charge in [-0.3, -0.25) is 19.4 Å². The van der Waals surface area contributed by atoms with Crippen LogP contribution < -0.4 is 5.32 Å². The van der Waals surface area contributed by atoms with Gasteiger partial charge >= 0.3 is 0 Å². The summed E-state index contributed by atoms with van der Waals surface area (Å²) in [6.45, 7) is 6.99. The molecular formula is C23H34N4O2. The zero-order valence-electron chi connectivity index (χ0n) is 17.4. The fourth-order valence-electron chi connectivity index (χ4n) is 4.85. The number of hydrogen-bond donors (Lipinski definition) is 1. The van der Waals surface area contributed by atoms with Crippen LogP contribution in [-0.2, 0) is 15.0 Å². The lowest BCUT2D eigenvalue weighted by molar-refractivity contribution is -0.132. The van der Waals surface area contributed by atoms with Gasteiger partial charge in [0.15, 0.2) is 0 Å². The second-order valence-corrected chi connectivity index (χ2v) is 8.92. The minimum atomic E-state index is 0.119. The van der Waals surface area contributed by atoms with Gasteiger partial charge in [-0.1, -0.05) is 36.8 Å². The topological polar surface area (TPSA) is 55.9 Å². The molecule has 0 aromatic heterocycles. The molecule has 2 saturated heterocycles. The minimum absolute atomic E-state index is 0.119. The summed E-state index contributed by atoms with van der Waals surface area (Å²) in [5.41, 5.74) is 1.48. The second-order valence-electron chi connectivity index (χ2n) is 8.92. The molecule has 6 heteroatoms. The third kappa shape index (κ3) is 4.98. The molecule has 2 aliphatic heterocycles. The van der Waals surface area contributed by atoms with Crippen LogP contribution >= 0.6 is 0 Å². The average Bonchev–Trinajstić information content (AvgIpc) is 3.25. The highest BCUT2D eigenvalue weighted by Crippen LogP contribution is 2.43. The fraction of sp³-hybridized carbons (Fsp3) is 0.652. The lowest BCUT2D eigenvalue weighted by Crippen LogP contribution is -2.53. The van der Waals surface area contributed by atoms with Gasteiger partial charge in [-0.05, 0) is 31.2 Å². The van der Waals surface area contributed by atoms with Crippen LogP contribution in [0.2, 0.25) is 0 Å². The zero-order chi connectivity index (χ0) is 20.1. The van der Waals surface area contributed by atoms with Gasteiger partial charge in [-0.2, -0.15) is 0 Å². The van der Waals surface area contributed by atoms with E-state index in [1.807, 2.05) is 11.0 Å². The first-order valence-corrected chi connectivity index (χ1v) is 11.2. The Balaban J connectivity index is 1.18. The number of rotatable bonds is 7. The SMILES string of the molecule is O=C(CN1CCN(CC(=O)N2CCCC2)CC1)NCC1(c2ccccc2)CCC1. The molecule has 0 radical (unpaired) electrons. The van der Waals surface area contributed by atoms with Crippen LogP contribution in [0.5, 0.6) is 0 Å². The fourth-order valence-corrected chi connectivity index (χ4v) is 4.85. The van der Waals surface area contributed by atoms with Crippen LogP contribution in [0.4, 0.5) is 0 Å². The molecular weight excluding hydrogens is 364 g/mol. The molecule has 1 N–H and O–H groups in total. The maximum atomic E-state index is 12.5. The summed E-state index contributed by atoms with van der Waals surface area (Å²) in [5.74, 6) is 0.384. The number of carbonyl (C=O) groups is 2. The van der Waals surface area contributed by atoms with Crippen LogP contribution in [0, 0.1) is 0 Å². The Labute approximate surface area is 174 Å². The summed E-state index contributed by atoms with van der Waals surface area (Å²) in [6, 6.07) is 10.6. The van der Waals surface area contributed by atoms with Gasteiger partial charge in [-0.15, -0.1) is 0 Å². The van der Waals surface area contributed by atoms with Gasteiger partial charge in [0.25, 0.3) is 0 Å². The Kier molecular flexibility index (Phi) is 6.50. The van der Waals surface area contributed by atoms with E-state index in [1.165, 1.54) is 12.0 Å². The molecule has 158 valence electrons. The van der Waals surface area contributed by atoms with E-state index in [4.69, 9.17) is 0 Å². The number of hydrogen-bond acceptors (Lipinski definition) is 4. The Morgan fingerprint density at radius 3 is 2.03 bits per heavy atom. The van der Waals surface area contributed by atoms with Crippen molar-refractivity contribution >= 4 is 11.8 Å². The number of nitrogens with zero attached hydrogens (tertiary/aromatic N) is 3.